The van der Waals surface area contributed by atoms with E-state index >= 15 is 0 Å². The van der Waals surface area contributed by atoms with Gasteiger partial charge in [0.05, 0.1) is 23.5 Å². The molecule has 2 aromatic heterocycles. The number of hydrogen-bond acceptors (Lipinski definition) is 3. The van der Waals surface area contributed by atoms with E-state index < -0.39 is 0 Å². The van der Waals surface area contributed by atoms with E-state index in [4.69, 9.17) is 0 Å². The normalized spacial score (nSPS) is 10.8. The standard InChI is InChI=1S/C13H17IN4O/c14-5-3-1-2-4-6-16-13(19)11-9-17-18-8-7-15-10-12(11)18/h7-10H,1-6H2,(H,16,19). The molecule has 0 radical (unpaired) electrons. The van der Waals surface area contributed by atoms with Crippen molar-refractivity contribution in [3.8, 4) is 0 Å². The van der Waals surface area contributed by atoms with Gasteiger partial charge < -0.3 is 5.32 Å². The van der Waals surface area contributed by atoms with Crippen LogP contribution in [0, 0.1) is 0 Å². The van der Waals surface area contributed by atoms with Gasteiger partial charge in [-0.3, -0.25) is 9.78 Å². The lowest BCUT2D eigenvalue weighted by atomic mass is 10.2. The van der Waals surface area contributed by atoms with Gasteiger partial charge in [-0.25, -0.2) is 4.52 Å². The molecule has 0 fully saturated rings. The molecule has 0 aliphatic rings. The molecule has 0 unspecified atom stereocenters. The monoisotopic (exact) mass is 372 g/mol. The molecular weight excluding hydrogens is 355 g/mol. The lowest BCUT2D eigenvalue weighted by Crippen LogP contribution is -2.24. The fourth-order valence-corrected chi connectivity index (χ4v) is 2.42. The topological polar surface area (TPSA) is 59.3 Å². The van der Waals surface area contributed by atoms with E-state index in [-0.39, 0.29) is 5.91 Å². The summed E-state index contributed by atoms with van der Waals surface area (Å²) in [5, 5.41) is 7.06. The fourth-order valence-electron chi connectivity index (χ4n) is 1.88. The minimum absolute atomic E-state index is 0.0723. The second-order valence-corrected chi connectivity index (χ2v) is 5.40. The molecule has 0 atom stereocenters. The molecule has 5 nitrogen and oxygen atoms in total. The molecule has 0 aliphatic heterocycles. The highest BCUT2D eigenvalue weighted by Crippen LogP contribution is 2.08. The van der Waals surface area contributed by atoms with Crippen molar-refractivity contribution in [2.45, 2.75) is 25.7 Å². The van der Waals surface area contributed by atoms with Crippen LogP contribution in [0.1, 0.15) is 36.0 Å². The molecule has 0 saturated carbocycles. The Balaban J connectivity index is 1.83. The molecule has 1 amide bonds. The van der Waals surface area contributed by atoms with Crippen LogP contribution in [0.2, 0.25) is 0 Å². The molecule has 0 aromatic carbocycles. The first kappa shape index (κ1) is 14.2. The molecule has 19 heavy (non-hydrogen) atoms. The molecule has 2 heterocycles. The van der Waals surface area contributed by atoms with Crippen molar-refractivity contribution in [2.24, 2.45) is 0 Å². The quantitative estimate of drug-likeness (QED) is 0.462. The maximum Gasteiger partial charge on any atom is 0.255 e. The number of carbonyl (C=O) groups excluding carboxylic acids is 1. The Hall–Kier alpha value is -1.18. The lowest BCUT2D eigenvalue weighted by Gasteiger charge is -2.03. The van der Waals surface area contributed by atoms with Crippen LogP contribution in [0.15, 0.2) is 24.8 Å². The van der Waals surface area contributed by atoms with E-state index in [0.29, 0.717) is 5.56 Å². The molecule has 0 saturated heterocycles. The molecule has 2 aromatic rings. The first-order chi connectivity index (χ1) is 9.33. The Morgan fingerprint density at radius 1 is 1.26 bits per heavy atom. The number of nitrogens with one attached hydrogen (secondary N) is 1. The summed E-state index contributed by atoms with van der Waals surface area (Å²) in [6.45, 7) is 0.720. The number of hydrogen-bond donors (Lipinski definition) is 1. The third-order valence-electron chi connectivity index (χ3n) is 2.92. The summed E-state index contributed by atoms with van der Waals surface area (Å²) < 4.78 is 2.86. The molecule has 0 aliphatic carbocycles. The minimum atomic E-state index is -0.0723. The van der Waals surface area contributed by atoms with Gasteiger partial charge >= 0.3 is 0 Å². The molecule has 0 bridgehead atoms. The Kier molecular flexibility index (Phi) is 5.56. The van der Waals surface area contributed by atoms with Crippen molar-refractivity contribution < 1.29 is 4.79 Å². The summed E-state index contributed by atoms with van der Waals surface area (Å²) >= 11 is 2.39. The molecule has 6 heteroatoms. The van der Waals surface area contributed by atoms with Gasteiger partial charge in [0.2, 0.25) is 0 Å². The number of fused-ring (bicyclic) bond motifs is 1. The number of rotatable bonds is 7. The van der Waals surface area contributed by atoms with Crippen LogP contribution >= 0.6 is 22.6 Å². The molecule has 0 spiro atoms. The summed E-state index contributed by atoms with van der Waals surface area (Å²) in [7, 11) is 0. The van der Waals surface area contributed by atoms with Crippen molar-refractivity contribution in [1.82, 2.24) is 19.9 Å². The van der Waals surface area contributed by atoms with Gasteiger partial charge in [0, 0.05) is 18.9 Å². The molecule has 2 rings (SSSR count). The third kappa shape index (κ3) is 3.89. The second kappa shape index (κ2) is 7.42. The van der Waals surface area contributed by atoms with Gasteiger partial charge in [0.25, 0.3) is 5.91 Å². The van der Waals surface area contributed by atoms with Gasteiger partial charge in [0.15, 0.2) is 0 Å². The summed E-state index contributed by atoms with van der Waals surface area (Å²) in [5.74, 6) is -0.0723. The van der Waals surface area contributed by atoms with Crippen LogP contribution in [-0.4, -0.2) is 31.5 Å². The van der Waals surface area contributed by atoms with Gasteiger partial charge in [-0.1, -0.05) is 35.4 Å². The SMILES string of the molecule is O=C(NCCCCCCI)c1cnn2ccncc12. The van der Waals surface area contributed by atoms with E-state index in [1.165, 1.54) is 23.7 Å². The van der Waals surface area contributed by atoms with Gasteiger partial charge in [0.1, 0.15) is 0 Å². The Bertz CT molecular complexity index is 540. The summed E-state index contributed by atoms with van der Waals surface area (Å²) in [4.78, 5) is 16.0. The highest BCUT2D eigenvalue weighted by atomic mass is 127. The number of alkyl halides is 1. The van der Waals surface area contributed by atoms with Crippen LogP contribution in [0.5, 0.6) is 0 Å². The van der Waals surface area contributed by atoms with E-state index in [1.807, 2.05) is 0 Å². The van der Waals surface area contributed by atoms with Crippen LogP contribution in [-0.2, 0) is 0 Å². The number of nitrogens with zero attached hydrogens (tertiary/aromatic N) is 3. The zero-order valence-corrected chi connectivity index (χ0v) is 12.8. The van der Waals surface area contributed by atoms with Crippen LogP contribution in [0.25, 0.3) is 5.52 Å². The number of amides is 1. The van der Waals surface area contributed by atoms with Crippen LogP contribution < -0.4 is 5.32 Å². The van der Waals surface area contributed by atoms with E-state index in [1.54, 1.807) is 29.3 Å². The largest absolute Gasteiger partial charge is 0.352 e. The average Bonchev–Trinajstić information content (AvgIpc) is 2.86. The van der Waals surface area contributed by atoms with Crippen LogP contribution in [0.3, 0.4) is 0 Å². The van der Waals surface area contributed by atoms with Crippen molar-refractivity contribution in [1.29, 1.82) is 0 Å². The smallest absolute Gasteiger partial charge is 0.255 e. The second-order valence-electron chi connectivity index (χ2n) is 4.32. The number of aromatic nitrogens is 3. The van der Waals surface area contributed by atoms with Crippen molar-refractivity contribution in [3.63, 3.8) is 0 Å². The maximum absolute atomic E-state index is 12.0. The predicted molar refractivity (Wildman–Crippen MR) is 82.7 cm³/mol. The molecule has 102 valence electrons. The zero-order valence-electron chi connectivity index (χ0n) is 10.7. The van der Waals surface area contributed by atoms with Gasteiger partial charge in [-0.2, -0.15) is 5.10 Å². The molecule has 1 N–H and O–H groups in total. The number of halogens is 1. The van der Waals surface area contributed by atoms with E-state index in [0.717, 1.165) is 18.5 Å². The van der Waals surface area contributed by atoms with E-state index in [2.05, 4.69) is 38.0 Å². The first-order valence-corrected chi connectivity index (χ1v) is 7.97. The van der Waals surface area contributed by atoms with Crippen molar-refractivity contribution in [2.75, 3.05) is 11.0 Å². The predicted octanol–water partition coefficient (Wildman–Crippen LogP) is 2.45. The molecular formula is C13H17IN4O. The van der Waals surface area contributed by atoms with Crippen molar-refractivity contribution >= 4 is 34.0 Å². The van der Waals surface area contributed by atoms with E-state index in [9.17, 15) is 4.79 Å². The Labute approximate surface area is 125 Å². The van der Waals surface area contributed by atoms with Gasteiger partial charge in [-0.15, -0.1) is 0 Å². The Morgan fingerprint density at radius 3 is 2.95 bits per heavy atom. The average molecular weight is 372 g/mol. The number of unbranched alkanes of at least 4 members (excludes halogenated alkanes) is 3. The number of carbonyl (C=O) groups is 1. The zero-order chi connectivity index (χ0) is 13.5. The van der Waals surface area contributed by atoms with Crippen LogP contribution in [0.4, 0.5) is 0 Å². The highest BCUT2D eigenvalue weighted by molar-refractivity contribution is 14.1. The lowest BCUT2D eigenvalue weighted by molar-refractivity contribution is 0.0954. The highest BCUT2D eigenvalue weighted by Gasteiger charge is 2.11. The Morgan fingerprint density at radius 2 is 2.11 bits per heavy atom. The summed E-state index contributed by atoms with van der Waals surface area (Å²) in [6.07, 6.45) is 11.3. The first-order valence-electron chi connectivity index (χ1n) is 6.44. The summed E-state index contributed by atoms with van der Waals surface area (Å²) in [6, 6.07) is 0. The fraction of sp³-hybridized carbons (Fsp3) is 0.462. The van der Waals surface area contributed by atoms with Gasteiger partial charge in [-0.05, 0) is 17.3 Å². The maximum atomic E-state index is 12.0. The summed E-state index contributed by atoms with van der Waals surface area (Å²) in [5.41, 5.74) is 1.32. The minimum Gasteiger partial charge on any atom is -0.352 e. The van der Waals surface area contributed by atoms with Crippen molar-refractivity contribution in [3.05, 3.63) is 30.4 Å². The third-order valence-corrected chi connectivity index (χ3v) is 3.68.